The van der Waals surface area contributed by atoms with Crippen LogP contribution in [0.3, 0.4) is 0 Å². The van der Waals surface area contributed by atoms with Crippen LogP contribution in [0.5, 0.6) is 11.5 Å². The van der Waals surface area contributed by atoms with Gasteiger partial charge in [-0.3, -0.25) is 0 Å². The molecule has 0 spiro atoms. The summed E-state index contributed by atoms with van der Waals surface area (Å²) >= 11 is 0. The van der Waals surface area contributed by atoms with E-state index in [1.165, 1.54) is 4.68 Å². The molecule has 0 saturated carbocycles. The van der Waals surface area contributed by atoms with E-state index in [0.29, 0.717) is 24.1 Å². The van der Waals surface area contributed by atoms with Crippen molar-refractivity contribution in [3.05, 3.63) is 35.7 Å². The van der Waals surface area contributed by atoms with Gasteiger partial charge in [0.2, 0.25) is 5.95 Å². The molecule has 0 radical (unpaired) electrons. The van der Waals surface area contributed by atoms with Crippen LogP contribution in [0.1, 0.15) is 24.6 Å². The monoisotopic (exact) mass is 288 g/mol. The van der Waals surface area contributed by atoms with Crippen molar-refractivity contribution in [2.75, 3.05) is 19.5 Å². The SMILES string of the molecule is CCCOc1c(C=Nn2cc(C)nc2N)cccc1OC. The van der Waals surface area contributed by atoms with Crippen LogP contribution in [0.2, 0.25) is 0 Å². The fraction of sp³-hybridized carbons (Fsp3) is 0.333. The minimum absolute atomic E-state index is 0.350. The number of aromatic nitrogens is 2. The number of aryl methyl sites for hydroxylation is 1. The van der Waals surface area contributed by atoms with Crippen LogP contribution < -0.4 is 15.2 Å². The molecule has 1 aromatic heterocycles. The Bertz CT molecular complexity index is 635. The summed E-state index contributed by atoms with van der Waals surface area (Å²) in [5.41, 5.74) is 7.41. The van der Waals surface area contributed by atoms with Gasteiger partial charge < -0.3 is 15.2 Å². The van der Waals surface area contributed by atoms with E-state index in [2.05, 4.69) is 17.0 Å². The van der Waals surface area contributed by atoms with Crippen LogP contribution in [0.15, 0.2) is 29.5 Å². The first kappa shape index (κ1) is 14.9. The number of nitrogens with zero attached hydrogens (tertiary/aromatic N) is 3. The molecule has 0 amide bonds. The fourth-order valence-electron chi connectivity index (χ4n) is 1.87. The lowest BCUT2D eigenvalue weighted by molar-refractivity contribution is 0.294. The summed E-state index contributed by atoms with van der Waals surface area (Å²) < 4.78 is 12.6. The summed E-state index contributed by atoms with van der Waals surface area (Å²) in [5, 5.41) is 4.31. The first-order valence-corrected chi connectivity index (χ1v) is 6.81. The molecule has 0 aliphatic rings. The maximum Gasteiger partial charge on any atom is 0.221 e. The smallest absolute Gasteiger partial charge is 0.221 e. The van der Waals surface area contributed by atoms with Crippen LogP contribution in [-0.4, -0.2) is 29.6 Å². The van der Waals surface area contributed by atoms with Crippen LogP contribution in [-0.2, 0) is 0 Å². The lowest BCUT2D eigenvalue weighted by Crippen LogP contribution is -2.02. The number of ether oxygens (including phenoxy) is 2. The number of imidazole rings is 1. The molecule has 0 aliphatic heterocycles. The lowest BCUT2D eigenvalue weighted by Gasteiger charge is -2.12. The van der Waals surface area contributed by atoms with Crippen molar-refractivity contribution in [3.8, 4) is 11.5 Å². The highest BCUT2D eigenvalue weighted by atomic mass is 16.5. The molecule has 1 aromatic carbocycles. The number of rotatable bonds is 6. The number of hydrogen-bond donors (Lipinski definition) is 1. The van der Waals surface area contributed by atoms with Gasteiger partial charge in [0.25, 0.3) is 0 Å². The second-order valence-corrected chi connectivity index (χ2v) is 4.56. The minimum Gasteiger partial charge on any atom is -0.493 e. The molecule has 2 rings (SSSR count). The Morgan fingerprint density at radius 3 is 2.86 bits per heavy atom. The van der Waals surface area contributed by atoms with E-state index in [0.717, 1.165) is 17.7 Å². The Labute approximate surface area is 124 Å². The number of benzene rings is 1. The third-order valence-corrected chi connectivity index (χ3v) is 2.84. The van der Waals surface area contributed by atoms with Gasteiger partial charge in [-0.15, -0.1) is 0 Å². The summed E-state index contributed by atoms with van der Waals surface area (Å²) in [5.74, 6) is 1.71. The van der Waals surface area contributed by atoms with E-state index >= 15 is 0 Å². The summed E-state index contributed by atoms with van der Waals surface area (Å²) in [6, 6.07) is 5.66. The highest BCUT2D eigenvalue weighted by Gasteiger charge is 2.09. The van der Waals surface area contributed by atoms with Crippen LogP contribution in [0.25, 0.3) is 0 Å². The third-order valence-electron chi connectivity index (χ3n) is 2.84. The Morgan fingerprint density at radius 2 is 2.24 bits per heavy atom. The van der Waals surface area contributed by atoms with Crippen molar-refractivity contribution in [3.63, 3.8) is 0 Å². The lowest BCUT2D eigenvalue weighted by atomic mass is 10.2. The number of para-hydroxylation sites is 1. The van der Waals surface area contributed by atoms with Crippen molar-refractivity contribution in [2.45, 2.75) is 20.3 Å². The van der Waals surface area contributed by atoms with Crippen LogP contribution >= 0.6 is 0 Å². The number of nitrogen functional groups attached to an aromatic ring is 1. The molecule has 6 nitrogen and oxygen atoms in total. The van der Waals surface area contributed by atoms with Gasteiger partial charge in [-0.2, -0.15) is 5.10 Å². The van der Waals surface area contributed by atoms with Gasteiger partial charge in [-0.05, 0) is 25.5 Å². The van der Waals surface area contributed by atoms with E-state index in [1.54, 1.807) is 19.5 Å². The van der Waals surface area contributed by atoms with Gasteiger partial charge in [0.05, 0.1) is 31.8 Å². The zero-order valence-electron chi connectivity index (χ0n) is 12.5. The zero-order chi connectivity index (χ0) is 15.2. The van der Waals surface area contributed by atoms with Crippen LogP contribution in [0, 0.1) is 6.92 Å². The normalized spacial score (nSPS) is 11.0. The fourth-order valence-corrected chi connectivity index (χ4v) is 1.87. The molecule has 0 bridgehead atoms. The molecule has 2 N–H and O–H groups in total. The topological polar surface area (TPSA) is 74.7 Å². The summed E-state index contributed by atoms with van der Waals surface area (Å²) in [7, 11) is 1.62. The van der Waals surface area contributed by atoms with Crippen molar-refractivity contribution >= 4 is 12.2 Å². The quantitative estimate of drug-likeness (QED) is 0.828. The second-order valence-electron chi connectivity index (χ2n) is 4.56. The number of methoxy groups -OCH3 is 1. The summed E-state index contributed by atoms with van der Waals surface area (Å²) in [6.07, 6.45) is 4.37. The second kappa shape index (κ2) is 6.78. The Kier molecular flexibility index (Phi) is 4.81. The number of anilines is 1. The van der Waals surface area contributed by atoms with Gasteiger partial charge >= 0.3 is 0 Å². The Morgan fingerprint density at radius 1 is 1.43 bits per heavy atom. The average Bonchev–Trinajstić information content (AvgIpc) is 2.80. The van der Waals surface area contributed by atoms with Gasteiger partial charge in [0.15, 0.2) is 11.5 Å². The summed E-state index contributed by atoms with van der Waals surface area (Å²) in [6.45, 7) is 4.54. The molecule has 0 fully saturated rings. The first-order valence-electron chi connectivity index (χ1n) is 6.81. The van der Waals surface area contributed by atoms with Crippen molar-refractivity contribution in [1.29, 1.82) is 0 Å². The number of nitrogens with two attached hydrogens (primary N) is 1. The minimum atomic E-state index is 0.350. The zero-order valence-corrected chi connectivity index (χ0v) is 12.5. The molecule has 0 aliphatic carbocycles. The Balaban J connectivity index is 2.32. The molecular weight excluding hydrogens is 268 g/mol. The molecule has 112 valence electrons. The van der Waals surface area contributed by atoms with Gasteiger partial charge in [-0.1, -0.05) is 13.0 Å². The standard InChI is InChI=1S/C15H20N4O2/c1-4-8-21-14-12(6-5-7-13(14)20-3)9-17-19-10-11(2)18-15(19)16/h5-7,9-10H,4,8H2,1-3H3,(H2,16,18). The molecule has 0 atom stereocenters. The highest BCUT2D eigenvalue weighted by Crippen LogP contribution is 2.30. The largest absolute Gasteiger partial charge is 0.493 e. The van der Waals surface area contributed by atoms with Gasteiger partial charge in [-0.25, -0.2) is 9.66 Å². The first-order chi connectivity index (χ1) is 10.2. The molecule has 21 heavy (non-hydrogen) atoms. The molecule has 0 unspecified atom stereocenters. The van der Waals surface area contributed by atoms with E-state index < -0.39 is 0 Å². The van der Waals surface area contributed by atoms with Crippen molar-refractivity contribution in [1.82, 2.24) is 9.66 Å². The maximum atomic E-state index is 5.76. The average molecular weight is 288 g/mol. The van der Waals surface area contributed by atoms with E-state index in [9.17, 15) is 0 Å². The molecule has 2 aromatic rings. The van der Waals surface area contributed by atoms with Crippen molar-refractivity contribution in [2.24, 2.45) is 5.10 Å². The van der Waals surface area contributed by atoms with E-state index in [4.69, 9.17) is 15.2 Å². The summed E-state index contributed by atoms with van der Waals surface area (Å²) in [4.78, 5) is 4.10. The molecule has 1 heterocycles. The molecule has 6 heteroatoms. The predicted octanol–water partition coefficient (Wildman–Crippen LogP) is 2.45. The van der Waals surface area contributed by atoms with E-state index in [-0.39, 0.29) is 0 Å². The predicted molar refractivity (Wildman–Crippen MR) is 83.1 cm³/mol. The van der Waals surface area contributed by atoms with Crippen molar-refractivity contribution < 1.29 is 9.47 Å². The van der Waals surface area contributed by atoms with E-state index in [1.807, 2.05) is 25.1 Å². The maximum absolute atomic E-state index is 5.76. The van der Waals surface area contributed by atoms with Gasteiger partial charge in [0, 0.05) is 5.56 Å². The molecule has 0 saturated heterocycles. The van der Waals surface area contributed by atoms with Gasteiger partial charge in [0.1, 0.15) is 0 Å². The number of hydrogen-bond acceptors (Lipinski definition) is 5. The Hall–Kier alpha value is -2.50. The highest BCUT2D eigenvalue weighted by molar-refractivity contribution is 5.85. The molecular formula is C15H20N4O2. The third kappa shape index (κ3) is 3.53. The van der Waals surface area contributed by atoms with Crippen LogP contribution in [0.4, 0.5) is 5.95 Å².